The van der Waals surface area contributed by atoms with E-state index >= 15 is 0 Å². The summed E-state index contributed by atoms with van der Waals surface area (Å²) in [6.45, 7) is 4.07. The minimum Gasteiger partial charge on any atom is -0.497 e. The van der Waals surface area contributed by atoms with Gasteiger partial charge in [-0.3, -0.25) is 9.69 Å². The second-order valence-corrected chi connectivity index (χ2v) is 4.94. The van der Waals surface area contributed by atoms with Crippen LogP contribution in [0.25, 0.3) is 0 Å². The Kier molecular flexibility index (Phi) is 5.38. The van der Waals surface area contributed by atoms with Crippen LogP contribution in [-0.4, -0.2) is 67.3 Å². The maximum atomic E-state index is 12.5. The van der Waals surface area contributed by atoms with Crippen LogP contribution < -0.4 is 4.74 Å². The van der Waals surface area contributed by atoms with Gasteiger partial charge in [-0.25, -0.2) is 0 Å². The average molecular weight is 278 g/mol. The topological polar surface area (TPSA) is 53.0 Å². The van der Waals surface area contributed by atoms with E-state index < -0.39 is 0 Å². The standard InChI is InChI=1S/C15H22N2O3/c1-20-14-5-2-4-13(12-14)15(19)17-7-3-6-16(8-9-17)10-11-18/h2,4-5,12,18H,3,6-11H2,1H3. The quantitative estimate of drug-likeness (QED) is 0.886. The number of carbonyl (C=O) groups excluding carboxylic acids is 1. The van der Waals surface area contributed by atoms with Gasteiger partial charge < -0.3 is 14.7 Å². The van der Waals surface area contributed by atoms with Gasteiger partial charge in [0.1, 0.15) is 5.75 Å². The second-order valence-electron chi connectivity index (χ2n) is 4.94. The van der Waals surface area contributed by atoms with Crippen LogP contribution in [0.1, 0.15) is 16.8 Å². The second kappa shape index (κ2) is 7.26. The number of rotatable bonds is 4. The first-order valence-electron chi connectivity index (χ1n) is 7.01. The van der Waals surface area contributed by atoms with E-state index in [1.807, 2.05) is 23.1 Å². The highest BCUT2D eigenvalue weighted by Gasteiger charge is 2.20. The van der Waals surface area contributed by atoms with E-state index in [1.54, 1.807) is 13.2 Å². The molecule has 0 bridgehead atoms. The van der Waals surface area contributed by atoms with Crippen LogP contribution in [0.15, 0.2) is 24.3 Å². The molecule has 110 valence electrons. The molecule has 1 amide bonds. The monoisotopic (exact) mass is 278 g/mol. The normalized spacial score (nSPS) is 16.8. The van der Waals surface area contributed by atoms with Crippen molar-refractivity contribution in [2.45, 2.75) is 6.42 Å². The summed E-state index contributed by atoms with van der Waals surface area (Å²) >= 11 is 0. The van der Waals surface area contributed by atoms with Crippen LogP contribution in [0.2, 0.25) is 0 Å². The van der Waals surface area contributed by atoms with E-state index in [9.17, 15) is 4.79 Å². The molecule has 0 spiro atoms. The third-order valence-electron chi connectivity index (χ3n) is 3.61. The highest BCUT2D eigenvalue weighted by Crippen LogP contribution is 2.15. The molecular weight excluding hydrogens is 256 g/mol. The van der Waals surface area contributed by atoms with Crippen molar-refractivity contribution in [3.8, 4) is 5.75 Å². The SMILES string of the molecule is COc1cccc(C(=O)N2CCCN(CCO)CC2)c1. The Morgan fingerprint density at radius 2 is 2.15 bits per heavy atom. The fourth-order valence-corrected chi connectivity index (χ4v) is 2.48. The van der Waals surface area contributed by atoms with E-state index in [0.717, 1.165) is 26.1 Å². The minimum atomic E-state index is 0.0507. The number of benzene rings is 1. The smallest absolute Gasteiger partial charge is 0.254 e. The zero-order chi connectivity index (χ0) is 14.4. The molecular formula is C15H22N2O3. The van der Waals surface area contributed by atoms with Gasteiger partial charge in [0.05, 0.1) is 13.7 Å². The molecule has 2 rings (SSSR count). The summed E-state index contributed by atoms with van der Waals surface area (Å²) in [5.41, 5.74) is 0.667. The number of β-amino-alcohol motifs (C(OH)–C–C–N with tert-alkyl or cyclic N) is 1. The predicted octanol–water partition coefficient (Wildman–Crippen LogP) is 0.835. The summed E-state index contributed by atoms with van der Waals surface area (Å²) in [6, 6.07) is 7.27. The molecule has 20 heavy (non-hydrogen) atoms. The number of nitrogens with zero attached hydrogens (tertiary/aromatic N) is 2. The van der Waals surface area contributed by atoms with Gasteiger partial charge in [0, 0.05) is 31.7 Å². The Morgan fingerprint density at radius 3 is 2.90 bits per heavy atom. The van der Waals surface area contributed by atoms with Gasteiger partial charge in [0.25, 0.3) is 5.91 Å². The Balaban J connectivity index is 2.01. The molecule has 5 heteroatoms. The van der Waals surface area contributed by atoms with Crippen molar-refractivity contribution in [3.05, 3.63) is 29.8 Å². The lowest BCUT2D eigenvalue weighted by molar-refractivity contribution is 0.0760. The van der Waals surface area contributed by atoms with E-state index in [1.165, 1.54) is 0 Å². The third kappa shape index (κ3) is 3.71. The van der Waals surface area contributed by atoms with E-state index in [0.29, 0.717) is 24.4 Å². The maximum absolute atomic E-state index is 12.5. The summed E-state index contributed by atoms with van der Waals surface area (Å²) in [4.78, 5) is 16.6. The summed E-state index contributed by atoms with van der Waals surface area (Å²) < 4.78 is 5.16. The fraction of sp³-hybridized carbons (Fsp3) is 0.533. The van der Waals surface area contributed by atoms with Gasteiger partial charge in [-0.15, -0.1) is 0 Å². The number of hydrogen-bond donors (Lipinski definition) is 1. The molecule has 1 heterocycles. The van der Waals surface area contributed by atoms with Crippen molar-refractivity contribution in [2.24, 2.45) is 0 Å². The Hall–Kier alpha value is -1.59. The van der Waals surface area contributed by atoms with Crippen molar-refractivity contribution in [2.75, 3.05) is 46.4 Å². The number of carbonyl (C=O) groups is 1. The molecule has 1 N–H and O–H groups in total. The van der Waals surface area contributed by atoms with Crippen LogP contribution >= 0.6 is 0 Å². The van der Waals surface area contributed by atoms with Crippen molar-refractivity contribution in [3.63, 3.8) is 0 Å². The molecule has 0 unspecified atom stereocenters. The molecule has 0 atom stereocenters. The molecule has 1 saturated heterocycles. The maximum Gasteiger partial charge on any atom is 0.254 e. The molecule has 0 radical (unpaired) electrons. The lowest BCUT2D eigenvalue weighted by Crippen LogP contribution is -2.35. The van der Waals surface area contributed by atoms with Crippen LogP contribution in [0.3, 0.4) is 0 Å². The summed E-state index contributed by atoms with van der Waals surface area (Å²) in [6.07, 6.45) is 0.940. The molecule has 5 nitrogen and oxygen atoms in total. The largest absolute Gasteiger partial charge is 0.497 e. The number of hydrogen-bond acceptors (Lipinski definition) is 4. The number of ether oxygens (including phenoxy) is 1. The van der Waals surface area contributed by atoms with Gasteiger partial charge in [0.15, 0.2) is 0 Å². The lowest BCUT2D eigenvalue weighted by Gasteiger charge is -2.21. The molecule has 1 fully saturated rings. The fourth-order valence-electron chi connectivity index (χ4n) is 2.48. The predicted molar refractivity (Wildman–Crippen MR) is 77.0 cm³/mol. The van der Waals surface area contributed by atoms with E-state index in [-0.39, 0.29) is 12.5 Å². The Morgan fingerprint density at radius 1 is 1.30 bits per heavy atom. The zero-order valence-corrected chi connectivity index (χ0v) is 11.9. The number of aliphatic hydroxyl groups excluding tert-OH is 1. The highest BCUT2D eigenvalue weighted by molar-refractivity contribution is 5.94. The Bertz CT molecular complexity index is 450. The van der Waals surface area contributed by atoms with Gasteiger partial charge in [-0.05, 0) is 31.2 Å². The lowest BCUT2D eigenvalue weighted by atomic mass is 10.2. The molecule has 1 aliphatic heterocycles. The van der Waals surface area contributed by atoms with E-state index in [2.05, 4.69) is 4.90 Å². The number of amides is 1. The Labute approximate surface area is 119 Å². The average Bonchev–Trinajstić information content (AvgIpc) is 2.73. The number of aliphatic hydroxyl groups is 1. The van der Waals surface area contributed by atoms with Crippen LogP contribution in [0.5, 0.6) is 5.75 Å². The first-order chi connectivity index (χ1) is 9.74. The van der Waals surface area contributed by atoms with E-state index in [4.69, 9.17) is 9.84 Å². The molecule has 1 aromatic rings. The molecule has 0 aliphatic carbocycles. The zero-order valence-electron chi connectivity index (χ0n) is 11.9. The van der Waals surface area contributed by atoms with Crippen molar-refractivity contribution >= 4 is 5.91 Å². The van der Waals surface area contributed by atoms with Gasteiger partial charge in [-0.1, -0.05) is 6.07 Å². The molecule has 0 aromatic heterocycles. The van der Waals surface area contributed by atoms with Crippen LogP contribution in [0.4, 0.5) is 0 Å². The van der Waals surface area contributed by atoms with Gasteiger partial charge in [-0.2, -0.15) is 0 Å². The first kappa shape index (κ1) is 14.8. The first-order valence-corrected chi connectivity index (χ1v) is 7.01. The van der Waals surface area contributed by atoms with Crippen LogP contribution in [-0.2, 0) is 0 Å². The summed E-state index contributed by atoms with van der Waals surface area (Å²) in [5, 5.41) is 8.99. The van der Waals surface area contributed by atoms with Crippen molar-refractivity contribution in [1.29, 1.82) is 0 Å². The highest BCUT2D eigenvalue weighted by atomic mass is 16.5. The van der Waals surface area contributed by atoms with Crippen LogP contribution in [0, 0.1) is 0 Å². The summed E-state index contributed by atoms with van der Waals surface area (Å²) in [7, 11) is 1.60. The molecule has 0 saturated carbocycles. The van der Waals surface area contributed by atoms with Crippen molar-refractivity contribution < 1.29 is 14.6 Å². The third-order valence-corrected chi connectivity index (χ3v) is 3.61. The summed E-state index contributed by atoms with van der Waals surface area (Å²) in [5.74, 6) is 0.752. The molecule has 1 aliphatic rings. The van der Waals surface area contributed by atoms with Gasteiger partial charge >= 0.3 is 0 Å². The van der Waals surface area contributed by atoms with Gasteiger partial charge in [0.2, 0.25) is 0 Å². The molecule has 1 aromatic carbocycles. The minimum absolute atomic E-state index is 0.0507. The number of methoxy groups -OCH3 is 1. The van der Waals surface area contributed by atoms with Crippen molar-refractivity contribution in [1.82, 2.24) is 9.80 Å².